The van der Waals surface area contributed by atoms with E-state index in [1.807, 2.05) is 0 Å². The highest BCUT2D eigenvalue weighted by atomic mass is 16.1. The molecule has 15 heavy (non-hydrogen) atoms. The summed E-state index contributed by atoms with van der Waals surface area (Å²) in [6.45, 7) is 12.3. The van der Waals surface area contributed by atoms with Crippen molar-refractivity contribution in [2.75, 3.05) is 13.1 Å². The summed E-state index contributed by atoms with van der Waals surface area (Å²) in [6.07, 6.45) is 3.97. The van der Waals surface area contributed by atoms with E-state index in [2.05, 4.69) is 38.7 Å². The van der Waals surface area contributed by atoms with Crippen LogP contribution in [0.5, 0.6) is 0 Å². The zero-order chi connectivity index (χ0) is 11.5. The van der Waals surface area contributed by atoms with Gasteiger partial charge in [0.15, 0.2) is 0 Å². The van der Waals surface area contributed by atoms with Crippen molar-refractivity contribution in [3.05, 3.63) is 23.8 Å². The molecule has 0 aliphatic heterocycles. The molecule has 1 unspecified atom stereocenters. The maximum absolute atomic E-state index is 10.9. The average Bonchev–Trinajstić information content (AvgIpc) is 2.15. The molecule has 1 aliphatic carbocycles. The minimum Gasteiger partial charge on any atom is -0.313 e. The number of likely N-dealkylation sites (N-methyl/N-ethyl adjacent to an activating group) is 1. The van der Waals surface area contributed by atoms with E-state index in [4.69, 9.17) is 0 Å². The van der Waals surface area contributed by atoms with Crippen molar-refractivity contribution < 1.29 is 4.79 Å². The van der Waals surface area contributed by atoms with Gasteiger partial charge in [0, 0.05) is 6.54 Å². The molecule has 0 spiro atoms. The van der Waals surface area contributed by atoms with Gasteiger partial charge in [-0.05, 0) is 18.4 Å². The van der Waals surface area contributed by atoms with Gasteiger partial charge in [-0.1, -0.05) is 44.6 Å². The van der Waals surface area contributed by atoms with Gasteiger partial charge in [-0.15, -0.1) is 0 Å². The molecule has 2 heteroatoms. The highest BCUT2D eigenvalue weighted by Gasteiger charge is 2.30. The van der Waals surface area contributed by atoms with Crippen LogP contribution in [-0.2, 0) is 4.79 Å². The summed E-state index contributed by atoms with van der Waals surface area (Å²) in [5.74, 6) is -0.0771. The molecule has 0 aromatic rings. The first-order valence-electron chi connectivity index (χ1n) is 5.56. The van der Waals surface area contributed by atoms with E-state index in [0.717, 1.165) is 31.4 Å². The molecule has 1 N–H and O–H groups in total. The van der Waals surface area contributed by atoms with Crippen LogP contribution in [0.3, 0.4) is 0 Å². The van der Waals surface area contributed by atoms with E-state index in [1.165, 1.54) is 5.57 Å². The Morgan fingerprint density at radius 2 is 2.33 bits per heavy atom. The van der Waals surface area contributed by atoms with Gasteiger partial charge in [-0.3, -0.25) is 0 Å². The summed E-state index contributed by atoms with van der Waals surface area (Å²) in [5, 5.41) is 3.32. The Kier molecular flexibility index (Phi) is 3.86. The van der Waals surface area contributed by atoms with Gasteiger partial charge < -0.3 is 10.1 Å². The summed E-state index contributed by atoms with van der Waals surface area (Å²) in [7, 11) is 0. The van der Waals surface area contributed by atoms with Crippen molar-refractivity contribution in [1.29, 1.82) is 0 Å². The van der Waals surface area contributed by atoms with Crippen LogP contribution in [0.15, 0.2) is 23.8 Å². The summed E-state index contributed by atoms with van der Waals surface area (Å²) in [5.41, 5.74) is 2.50. The fourth-order valence-corrected chi connectivity index (χ4v) is 2.05. The van der Waals surface area contributed by atoms with Crippen molar-refractivity contribution in [1.82, 2.24) is 5.32 Å². The molecule has 1 atom stereocenters. The lowest BCUT2D eigenvalue weighted by Crippen LogP contribution is -2.30. The third-order valence-electron chi connectivity index (χ3n) is 3.10. The lowest BCUT2D eigenvalue weighted by Gasteiger charge is -2.35. The van der Waals surface area contributed by atoms with Crippen LogP contribution in [0.1, 0.15) is 27.2 Å². The molecule has 0 bridgehead atoms. The number of hydrogen-bond acceptors (Lipinski definition) is 2. The van der Waals surface area contributed by atoms with Gasteiger partial charge in [-0.2, -0.15) is 0 Å². The van der Waals surface area contributed by atoms with Crippen molar-refractivity contribution in [3.63, 3.8) is 0 Å². The number of rotatable bonds is 4. The number of carbonyl (C=O) groups is 1. The van der Waals surface area contributed by atoms with Gasteiger partial charge >= 0.3 is 0 Å². The molecule has 2 nitrogen and oxygen atoms in total. The minimum atomic E-state index is -0.0771. The van der Waals surface area contributed by atoms with Crippen molar-refractivity contribution in [2.45, 2.75) is 27.2 Å². The monoisotopic (exact) mass is 207 g/mol. The molecule has 0 fully saturated rings. The Morgan fingerprint density at radius 1 is 1.67 bits per heavy atom. The normalized spacial score (nSPS) is 24.9. The van der Waals surface area contributed by atoms with Gasteiger partial charge in [0.1, 0.15) is 6.29 Å². The second-order valence-electron chi connectivity index (χ2n) is 4.85. The molecule has 0 amide bonds. The molecule has 0 saturated heterocycles. The number of hydrogen-bond donors (Lipinski definition) is 1. The van der Waals surface area contributed by atoms with Crippen LogP contribution < -0.4 is 5.32 Å². The quantitative estimate of drug-likeness (QED) is 0.566. The standard InChI is InChI=1S/C13H21NO/c1-5-14-8-12-6-11(9-15)10(2)7-13(12,3)4/h6,9,11,14H,2,5,7-8H2,1,3-4H3. The maximum atomic E-state index is 10.9. The highest BCUT2D eigenvalue weighted by molar-refractivity contribution is 5.63. The van der Waals surface area contributed by atoms with Crippen LogP contribution in [-0.4, -0.2) is 19.4 Å². The van der Waals surface area contributed by atoms with Gasteiger partial charge in [-0.25, -0.2) is 0 Å². The van der Waals surface area contributed by atoms with Crippen LogP contribution in [0.4, 0.5) is 0 Å². The predicted molar refractivity (Wildman–Crippen MR) is 63.7 cm³/mol. The van der Waals surface area contributed by atoms with E-state index in [-0.39, 0.29) is 11.3 Å². The minimum absolute atomic E-state index is 0.0771. The van der Waals surface area contributed by atoms with Crippen LogP contribution >= 0.6 is 0 Å². The first-order valence-corrected chi connectivity index (χ1v) is 5.56. The Balaban J connectivity index is 2.87. The Morgan fingerprint density at radius 3 is 2.87 bits per heavy atom. The van der Waals surface area contributed by atoms with E-state index in [0.29, 0.717) is 0 Å². The molecule has 0 heterocycles. The second kappa shape index (κ2) is 4.75. The summed E-state index contributed by atoms with van der Waals surface area (Å²) in [6, 6.07) is 0. The SMILES string of the molecule is C=C1CC(C)(C)C(CNCC)=CC1C=O. The molecular weight excluding hydrogens is 186 g/mol. The smallest absolute Gasteiger partial charge is 0.130 e. The van der Waals surface area contributed by atoms with Crippen molar-refractivity contribution in [2.24, 2.45) is 11.3 Å². The molecule has 1 aliphatic rings. The Bertz CT molecular complexity index is 289. The van der Waals surface area contributed by atoms with Crippen LogP contribution in [0.25, 0.3) is 0 Å². The first kappa shape index (κ1) is 12.2. The van der Waals surface area contributed by atoms with Crippen molar-refractivity contribution >= 4 is 6.29 Å². The zero-order valence-electron chi connectivity index (χ0n) is 9.97. The van der Waals surface area contributed by atoms with E-state index in [1.54, 1.807) is 0 Å². The zero-order valence-corrected chi connectivity index (χ0v) is 9.97. The number of carbonyl (C=O) groups excluding carboxylic acids is 1. The molecule has 0 radical (unpaired) electrons. The van der Waals surface area contributed by atoms with Gasteiger partial charge in [0.25, 0.3) is 0 Å². The third-order valence-corrected chi connectivity index (χ3v) is 3.10. The molecule has 0 aromatic heterocycles. The van der Waals surface area contributed by atoms with Gasteiger partial charge in [0.05, 0.1) is 5.92 Å². The number of allylic oxidation sites excluding steroid dienone is 2. The molecule has 1 rings (SSSR count). The summed E-state index contributed by atoms with van der Waals surface area (Å²) >= 11 is 0. The fraction of sp³-hybridized carbons (Fsp3) is 0.615. The van der Waals surface area contributed by atoms with Crippen LogP contribution in [0.2, 0.25) is 0 Å². The third kappa shape index (κ3) is 2.78. The van der Waals surface area contributed by atoms with E-state index >= 15 is 0 Å². The maximum Gasteiger partial charge on any atom is 0.130 e. The van der Waals surface area contributed by atoms with E-state index < -0.39 is 0 Å². The first-order chi connectivity index (χ1) is 7.01. The lowest BCUT2D eigenvalue weighted by molar-refractivity contribution is -0.109. The fourth-order valence-electron chi connectivity index (χ4n) is 2.05. The number of nitrogens with one attached hydrogen (secondary N) is 1. The Labute approximate surface area is 92.4 Å². The van der Waals surface area contributed by atoms with Crippen LogP contribution in [0, 0.1) is 11.3 Å². The largest absolute Gasteiger partial charge is 0.313 e. The van der Waals surface area contributed by atoms with Crippen molar-refractivity contribution in [3.8, 4) is 0 Å². The predicted octanol–water partition coefficient (Wildman–Crippen LogP) is 2.32. The lowest BCUT2D eigenvalue weighted by atomic mass is 9.71. The summed E-state index contributed by atoms with van der Waals surface area (Å²) < 4.78 is 0. The summed E-state index contributed by atoms with van der Waals surface area (Å²) in [4.78, 5) is 10.9. The molecule has 0 aromatic carbocycles. The van der Waals surface area contributed by atoms with Gasteiger partial charge in [0.2, 0.25) is 0 Å². The molecule has 84 valence electrons. The number of aldehydes is 1. The topological polar surface area (TPSA) is 29.1 Å². The molecule has 0 saturated carbocycles. The highest BCUT2D eigenvalue weighted by Crippen LogP contribution is 2.40. The average molecular weight is 207 g/mol. The molecular formula is C13H21NO. The van der Waals surface area contributed by atoms with E-state index in [9.17, 15) is 4.79 Å². The Hall–Kier alpha value is -0.890. The second-order valence-corrected chi connectivity index (χ2v) is 4.85.